The molecule has 0 fully saturated rings. The molecule has 0 aliphatic heterocycles. The van der Waals surface area contributed by atoms with Crippen molar-refractivity contribution in [3.63, 3.8) is 0 Å². The molecule has 0 bridgehead atoms. The molecule has 0 spiro atoms. The Hall–Kier alpha value is -0.640. The van der Waals surface area contributed by atoms with E-state index in [1.807, 2.05) is 22.7 Å². The Morgan fingerprint density at radius 1 is 1.37 bits per heavy atom. The predicted molar refractivity (Wildman–Crippen MR) is 85.4 cm³/mol. The molecule has 102 valence electrons. The van der Waals surface area contributed by atoms with Gasteiger partial charge in [0.15, 0.2) is 0 Å². The topological polar surface area (TPSA) is 12.0 Å². The second kappa shape index (κ2) is 6.21. The smallest absolute Gasteiger partial charge is 0.0398 e. The Balaban J connectivity index is 1.88. The van der Waals surface area contributed by atoms with Gasteiger partial charge in [0, 0.05) is 16.8 Å². The summed E-state index contributed by atoms with van der Waals surface area (Å²) >= 11 is 3.75. The summed E-state index contributed by atoms with van der Waals surface area (Å²) in [5, 5.41) is 10.6. The molecule has 2 unspecified atom stereocenters. The lowest BCUT2D eigenvalue weighted by Gasteiger charge is -2.31. The van der Waals surface area contributed by atoms with Crippen molar-refractivity contribution in [2.24, 2.45) is 0 Å². The van der Waals surface area contributed by atoms with Crippen molar-refractivity contribution in [3.05, 3.63) is 44.3 Å². The van der Waals surface area contributed by atoms with Gasteiger partial charge in [0.1, 0.15) is 0 Å². The van der Waals surface area contributed by atoms with Crippen LogP contribution in [-0.2, 0) is 6.42 Å². The molecule has 1 nitrogen and oxygen atoms in total. The number of aryl methyl sites for hydroxylation is 1. The van der Waals surface area contributed by atoms with Crippen molar-refractivity contribution in [2.45, 2.75) is 44.6 Å². The molecule has 0 aromatic carbocycles. The maximum absolute atomic E-state index is 3.78. The number of hydrogen-bond donors (Lipinski definition) is 1. The van der Waals surface area contributed by atoms with Gasteiger partial charge in [-0.2, -0.15) is 11.3 Å². The Bertz CT molecular complexity index is 501. The molecular weight excluding hydrogens is 270 g/mol. The minimum atomic E-state index is 0.500. The van der Waals surface area contributed by atoms with E-state index in [1.165, 1.54) is 31.2 Å². The summed E-state index contributed by atoms with van der Waals surface area (Å²) in [4.78, 5) is 1.62. The molecular formula is C16H21NS2. The van der Waals surface area contributed by atoms with E-state index in [1.54, 1.807) is 10.4 Å². The van der Waals surface area contributed by atoms with Crippen molar-refractivity contribution in [2.75, 3.05) is 6.54 Å². The van der Waals surface area contributed by atoms with E-state index < -0.39 is 0 Å². The molecule has 19 heavy (non-hydrogen) atoms. The van der Waals surface area contributed by atoms with Crippen molar-refractivity contribution in [3.8, 4) is 0 Å². The van der Waals surface area contributed by atoms with E-state index in [-0.39, 0.29) is 0 Å². The summed E-state index contributed by atoms with van der Waals surface area (Å²) in [5.74, 6) is 0.663. The maximum atomic E-state index is 3.78. The summed E-state index contributed by atoms with van der Waals surface area (Å²) < 4.78 is 0. The van der Waals surface area contributed by atoms with Gasteiger partial charge in [-0.3, -0.25) is 0 Å². The van der Waals surface area contributed by atoms with Gasteiger partial charge in [-0.1, -0.05) is 6.92 Å². The molecule has 3 rings (SSSR count). The van der Waals surface area contributed by atoms with Crippen molar-refractivity contribution >= 4 is 22.7 Å². The fourth-order valence-electron chi connectivity index (χ4n) is 3.11. The highest BCUT2D eigenvalue weighted by Gasteiger charge is 2.29. The summed E-state index contributed by atoms with van der Waals surface area (Å²) in [7, 11) is 0. The van der Waals surface area contributed by atoms with Gasteiger partial charge >= 0.3 is 0 Å². The molecule has 2 aromatic rings. The Kier molecular flexibility index (Phi) is 4.36. The van der Waals surface area contributed by atoms with Crippen LogP contribution in [0.4, 0.5) is 0 Å². The van der Waals surface area contributed by atoms with Gasteiger partial charge in [0.2, 0.25) is 0 Å². The molecule has 0 amide bonds. The minimum Gasteiger partial charge on any atom is -0.309 e. The zero-order valence-corrected chi connectivity index (χ0v) is 13.0. The van der Waals surface area contributed by atoms with Gasteiger partial charge in [0.25, 0.3) is 0 Å². The highest BCUT2D eigenvalue weighted by Crippen LogP contribution is 2.42. The molecule has 0 saturated carbocycles. The zero-order chi connectivity index (χ0) is 13.1. The van der Waals surface area contributed by atoms with Gasteiger partial charge in [-0.15, -0.1) is 11.3 Å². The van der Waals surface area contributed by atoms with E-state index in [0.29, 0.717) is 12.0 Å². The van der Waals surface area contributed by atoms with Crippen LogP contribution in [0.1, 0.15) is 54.1 Å². The van der Waals surface area contributed by atoms with Crippen LogP contribution in [0.25, 0.3) is 0 Å². The largest absolute Gasteiger partial charge is 0.309 e. The van der Waals surface area contributed by atoms with Crippen LogP contribution in [0.15, 0.2) is 28.3 Å². The molecule has 2 atom stereocenters. The first kappa shape index (κ1) is 13.3. The number of hydrogen-bond acceptors (Lipinski definition) is 3. The van der Waals surface area contributed by atoms with Crippen molar-refractivity contribution < 1.29 is 0 Å². The Labute approximate surface area is 123 Å². The molecule has 1 N–H and O–H groups in total. The van der Waals surface area contributed by atoms with Crippen LogP contribution >= 0.6 is 22.7 Å². The molecule has 0 radical (unpaired) electrons. The first-order valence-corrected chi connectivity index (χ1v) is 9.04. The number of nitrogens with one attached hydrogen (secondary N) is 1. The van der Waals surface area contributed by atoms with Crippen LogP contribution in [0.3, 0.4) is 0 Å². The van der Waals surface area contributed by atoms with Crippen LogP contribution in [0, 0.1) is 0 Å². The molecule has 3 heteroatoms. The molecule has 1 aliphatic rings. The number of rotatable bonds is 5. The molecule has 2 heterocycles. The van der Waals surface area contributed by atoms with E-state index in [2.05, 4.69) is 40.5 Å². The molecule has 2 aromatic heterocycles. The van der Waals surface area contributed by atoms with E-state index in [0.717, 1.165) is 6.54 Å². The second-order valence-corrected chi connectivity index (χ2v) is 7.07. The molecule has 1 aliphatic carbocycles. The lowest BCUT2D eigenvalue weighted by Crippen LogP contribution is -2.29. The van der Waals surface area contributed by atoms with E-state index in [9.17, 15) is 0 Å². The third kappa shape index (κ3) is 2.78. The lowest BCUT2D eigenvalue weighted by atomic mass is 9.80. The fourth-order valence-corrected chi connectivity index (χ4v) is 4.81. The summed E-state index contributed by atoms with van der Waals surface area (Å²) in [5.41, 5.74) is 3.08. The Morgan fingerprint density at radius 3 is 3.11 bits per heavy atom. The number of fused-ring (bicyclic) bond motifs is 1. The third-order valence-corrected chi connectivity index (χ3v) is 5.72. The minimum absolute atomic E-state index is 0.500. The first-order valence-electron chi connectivity index (χ1n) is 7.22. The monoisotopic (exact) mass is 291 g/mol. The van der Waals surface area contributed by atoms with Crippen LogP contribution in [-0.4, -0.2) is 6.54 Å². The fraction of sp³-hybridized carbons (Fsp3) is 0.500. The normalized spacial score (nSPS) is 20.2. The van der Waals surface area contributed by atoms with Crippen molar-refractivity contribution in [1.29, 1.82) is 0 Å². The predicted octanol–water partition coefficient (Wildman–Crippen LogP) is 4.97. The van der Waals surface area contributed by atoms with E-state index in [4.69, 9.17) is 0 Å². The summed E-state index contributed by atoms with van der Waals surface area (Å²) in [6.07, 6.45) is 5.14. The zero-order valence-electron chi connectivity index (χ0n) is 11.4. The van der Waals surface area contributed by atoms with Gasteiger partial charge in [-0.25, -0.2) is 0 Å². The SMILES string of the molecule is CCCNC(c1ccsc1)C1CCCc2sccc21. The molecule has 0 saturated heterocycles. The summed E-state index contributed by atoms with van der Waals surface area (Å²) in [6, 6.07) is 5.15. The highest BCUT2D eigenvalue weighted by molar-refractivity contribution is 7.10. The van der Waals surface area contributed by atoms with Crippen LogP contribution in [0.2, 0.25) is 0 Å². The number of thiophene rings is 2. The standard InChI is InChI=1S/C16H21NS2/c1-2-8-17-16(12-6-9-18-11-12)14-4-3-5-15-13(14)7-10-19-15/h6-7,9-11,14,16-17H,2-5,8H2,1H3. The van der Waals surface area contributed by atoms with E-state index >= 15 is 0 Å². The van der Waals surface area contributed by atoms with Gasteiger partial charge in [0.05, 0.1) is 0 Å². The maximum Gasteiger partial charge on any atom is 0.0398 e. The first-order chi connectivity index (χ1) is 9.40. The quantitative estimate of drug-likeness (QED) is 0.820. The third-order valence-electron chi connectivity index (χ3n) is 4.02. The Morgan fingerprint density at radius 2 is 2.32 bits per heavy atom. The summed E-state index contributed by atoms with van der Waals surface area (Å²) in [6.45, 7) is 3.35. The second-order valence-electron chi connectivity index (χ2n) is 5.29. The van der Waals surface area contributed by atoms with Gasteiger partial charge in [-0.05, 0) is 71.6 Å². The van der Waals surface area contributed by atoms with Crippen molar-refractivity contribution in [1.82, 2.24) is 5.32 Å². The lowest BCUT2D eigenvalue weighted by molar-refractivity contribution is 0.405. The van der Waals surface area contributed by atoms with Gasteiger partial charge < -0.3 is 5.32 Å². The highest BCUT2D eigenvalue weighted by atomic mass is 32.1. The van der Waals surface area contributed by atoms with Crippen LogP contribution < -0.4 is 5.32 Å². The van der Waals surface area contributed by atoms with Crippen LogP contribution in [0.5, 0.6) is 0 Å². The average Bonchev–Trinajstić information content (AvgIpc) is 3.10. The average molecular weight is 291 g/mol.